The van der Waals surface area contributed by atoms with Crippen LogP contribution in [-0.4, -0.2) is 40.8 Å². The fourth-order valence-corrected chi connectivity index (χ4v) is 2.90. The number of aryl methyl sites for hydroxylation is 1. The zero-order chi connectivity index (χ0) is 14.9. The van der Waals surface area contributed by atoms with E-state index in [0.717, 1.165) is 43.2 Å². The Morgan fingerprint density at radius 3 is 2.55 bits per heavy atom. The standard InChI is InChI=1S/C17H19N5/c1-13-2-4-14(5-3-13)17-20-19-16-12-15(6-9-22(16)17)21-10-7-18-8-11-21/h2-6,9,12,18H,7-8,10-11H2,1H3. The Kier molecular flexibility index (Phi) is 3.27. The fraction of sp³-hybridized carbons (Fsp3) is 0.294. The second kappa shape index (κ2) is 5.42. The largest absolute Gasteiger partial charge is 0.369 e. The molecule has 1 fully saturated rings. The van der Waals surface area contributed by atoms with Crippen LogP contribution in [0.25, 0.3) is 17.0 Å². The smallest absolute Gasteiger partial charge is 0.168 e. The highest BCUT2D eigenvalue weighted by Gasteiger charge is 2.13. The third-order valence-corrected chi connectivity index (χ3v) is 4.19. The fourth-order valence-electron chi connectivity index (χ4n) is 2.90. The van der Waals surface area contributed by atoms with Crippen molar-refractivity contribution in [3.63, 3.8) is 0 Å². The first-order chi connectivity index (χ1) is 10.8. The van der Waals surface area contributed by atoms with Crippen LogP contribution in [-0.2, 0) is 0 Å². The van der Waals surface area contributed by atoms with E-state index in [9.17, 15) is 0 Å². The van der Waals surface area contributed by atoms with Crippen LogP contribution in [0.2, 0.25) is 0 Å². The summed E-state index contributed by atoms with van der Waals surface area (Å²) in [6.45, 7) is 6.23. The van der Waals surface area contributed by atoms with E-state index in [0.29, 0.717) is 0 Å². The molecular formula is C17H19N5. The van der Waals surface area contributed by atoms with E-state index in [1.807, 2.05) is 0 Å². The lowest BCUT2D eigenvalue weighted by atomic mass is 10.1. The molecule has 1 aliphatic rings. The van der Waals surface area contributed by atoms with Crippen molar-refractivity contribution in [2.45, 2.75) is 6.92 Å². The van der Waals surface area contributed by atoms with Crippen LogP contribution in [0, 0.1) is 6.92 Å². The van der Waals surface area contributed by atoms with Gasteiger partial charge in [-0.15, -0.1) is 10.2 Å². The van der Waals surface area contributed by atoms with Crippen LogP contribution in [0.5, 0.6) is 0 Å². The molecule has 0 saturated carbocycles. The summed E-state index contributed by atoms with van der Waals surface area (Å²) in [6.07, 6.45) is 2.07. The van der Waals surface area contributed by atoms with E-state index in [-0.39, 0.29) is 0 Å². The summed E-state index contributed by atoms with van der Waals surface area (Å²) >= 11 is 0. The van der Waals surface area contributed by atoms with Crippen molar-refractivity contribution in [3.8, 4) is 11.4 Å². The van der Waals surface area contributed by atoms with Gasteiger partial charge in [0, 0.05) is 49.7 Å². The summed E-state index contributed by atoms with van der Waals surface area (Å²) in [5.74, 6) is 0.891. The predicted molar refractivity (Wildman–Crippen MR) is 88.2 cm³/mol. The number of rotatable bonds is 2. The molecule has 1 N–H and O–H groups in total. The van der Waals surface area contributed by atoms with Gasteiger partial charge in [0.2, 0.25) is 0 Å². The highest BCUT2D eigenvalue weighted by Crippen LogP contribution is 2.22. The molecule has 0 aliphatic carbocycles. The zero-order valence-corrected chi connectivity index (χ0v) is 12.7. The number of piperazine rings is 1. The molecule has 112 valence electrons. The SMILES string of the molecule is Cc1ccc(-c2nnc3cc(N4CCNCC4)ccn23)cc1. The van der Waals surface area contributed by atoms with Gasteiger partial charge in [-0.2, -0.15) is 0 Å². The monoisotopic (exact) mass is 293 g/mol. The summed E-state index contributed by atoms with van der Waals surface area (Å²) in [5.41, 5.74) is 4.45. The van der Waals surface area contributed by atoms with Crippen LogP contribution < -0.4 is 10.2 Å². The maximum atomic E-state index is 4.36. The van der Waals surface area contributed by atoms with Crippen molar-refractivity contribution < 1.29 is 0 Å². The molecule has 5 nitrogen and oxygen atoms in total. The summed E-state index contributed by atoms with van der Waals surface area (Å²) in [7, 11) is 0. The van der Waals surface area contributed by atoms with Crippen LogP contribution in [0.15, 0.2) is 42.6 Å². The van der Waals surface area contributed by atoms with Crippen LogP contribution in [0.3, 0.4) is 0 Å². The van der Waals surface area contributed by atoms with E-state index in [1.165, 1.54) is 11.3 Å². The lowest BCUT2D eigenvalue weighted by molar-refractivity contribution is 0.589. The summed E-state index contributed by atoms with van der Waals surface area (Å²) in [6, 6.07) is 12.7. The molecule has 0 amide bonds. The number of nitrogens with one attached hydrogen (secondary N) is 1. The minimum Gasteiger partial charge on any atom is -0.369 e. The lowest BCUT2D eigenvalue weighted by Gasteiger charge is -2.29. The van der Waals surface area contributed by atoms with E-state index in [4.69, 9.17) is 0 Å². The van der Waals surface area contributed by atoms with Crippen molar-refractivity contribution >= 4 is 11.3 Å². The Labute approximate surface area is 129 Å². The molecule has 1 aromatic carbocycles. The zero-order valence-electron chi connectivity index (χ0n) is 12.7. The number of pyridine rings is 1. The van der Waals surface area contributed by atoms with Gasteiger partial charge >= 0.3 is 0 Å². The van der Waals surface area contributed by atoms with Gasteiger partial charge in [-0.25, -0.2) is 0 Å². The Bertz CT molecular complexity index is 784. The number of nitrogens with zero attached hydrogens (tertiary/aromatic N) is 4. The first-order valence-corrected chi connectivity index (χ1v) is 7.69. The van der Waals surface area contributed by atoms with Gasteiger partial charge < -0.3 is 10.2 Å². The lowest BCUT2D eigenvalue weighted by Crippen LogP contribution is -2.43. The molecule has 1 saturated heterocycles. The normalized spacial score (nSPS) is 15.4. The second-order valence-corrected chi connectivity index (χ2v) is 5.74. The molecule has 2 aromatic heterocycles. The third-order valence-electron chi connectivity index (χ3n) is 4.19. The van der Waals surface area contributed by atoms with E-state index >= 15 is 0 Å². The molecule has 3 heterocycles. The summed E-state index contributed by atoms with van der Waals surface area (Å²) in [4.78, 5) is 2.39. The quantitative estimate of drug-likeness (QED) is 0.786. The molecule has 0 radical (unpaired) electrons. The van der Waals surface area contributed by atoms with Crippen molar-refractivity contribution in [2.75, 3.05) is 31.1 Å². The van der Waals surface area contributed by atoms with E-state index < -0.39 is 0 Å². The topological polar surface area (TPSA) is 45.5 Å². The number of hydrogen-bond donors (Lipinski definition) is 1. The van der Waals surface area contributed by atoms with Gasteiger partial charge in [0.25, 0.3) is 0 Å². The van der Waals surface area contributed by atoms with Gasteiger partial charge in [0.1, 0.15) is 0 Å². The van der Waals surface area contributed by atoms with Gasteiger partial charge in [-0.05, 0) is 13.0 Å². The number of anilines is 1. The average molecular weight is 293 g/mol. The first-order valence-electron chi connectivity index (χ1n) is 7.69. The molecule has 22 heavy (non-hydrogen) atoms. The second-order valence-electron chi connectivity index (χ2n) is 5.74. The number of aromatic nitrogens is 3. The van der Waals surface area contributed by atoms with Crippen molar-refractivity contribution in [1.29, 1.82) is 0 Å². The Balaban J connectivity index is 1.72. The van der Waals surface area contributed by atoms with Gasteiger partial charge in [0.05, 0.1) is 0 Å². The predicted octanol–water partition coefficient (Wildman–Crippen LogP) is 2.11. The van der Waals surface area contributed by atoms with Gasteiger partial charge in [-0.1, -0.05) is 29.8 Å². The van der Waals surface area contributed by atoms with E-state index in [2.05, 4.69) is 74.3 Å². The van der Waals surface area contributed by atoms with Crippen molar-refractivity contribution in [1.82, 2.24) is 19.9 Å². The number of benzene rings is 1. The minimum atomic E-state index is 0.891. The van der Waals surface area contributed by atoms with Crippen LogP contribution in [0.4, 0.5) is 5.69 Å². The third kappa shape index (κ3) is 2.33. The van der Waals surface area contributed by atoms with Crippen LogP contribution >= 0.6 is 0 Å². The summed E-state index contributed by atoms with van der Waals surface area (Å²) < 4.78 is 2.05. The highest BCUT2D eigenvalue weighted by molar-refractivity contribution is 5.63. The molecule has 5 heteroatoms. The Morgan fingerprint density at radius 2 is 1.77 bits per heavy atom. The Morgan fingerprint density at radius 1 is 1.00 bits per heavy atom. The number of hydrogen-bond acceptors (Lipinski definition) is 4. The molecule has 0 bridgehead atoms. The first kappa shape index (κ1) is 13.3. The Hall–Kier alpha value is -2.40. The molecule has 0 spiro atoms. The number of fused-ring (bicyclic) bond motifs is 1. The van der Waals surface area contributed by atoms with E-state index in [1.54, 1.807) is 0 Å². The van der Waals surface area contributed by atoms with Crippen LogP contribution in [0.1, 0.15) is 5.56 Å². The molecule has 0 unspecified atom stereocenters. The molecule has 0 atom stereocenters. The minimum absolute atomic E-state index is 0.891. The van der Waals surface area contributed by atoms with Crippen molar-refractivity contribution in [3.05, 3.63) is 48.2 Å². The summed E-state index contributed by atoms with van der Waals surface area (Å²) in [5, 5.41) is 12.1. The van der Waals surface area contributed by atoms with Gasteiger partial charge in [0.15, 0.2) is 11.5 Å². The molecule has 3 aromatic rings. The average Bonchev–Trinajstić information content (AvgIpc) is 2.99. The highest BCUT2D eigenvalue weighted by atomic mass is 15.3. The maximum Gasteiger partial charge on any atom is 0.168 e. The van der Waals surface area contributed by atoms with Crippen molar-refractivity contribution in [2.24, 2.45) is 0 Å². The maximum absolute atomic E-state index is 4.36. The molecule has 1 aliphatic heterocycles. The van der Waals surface area contributed by atoms with Gasteiger partial charge in [-0.3, -0.25) is 4.40 Å². The molecule has 4 rings (SSSR count). The molecular weight excluding hydrogens is 274 g/mol.